The quantitative estimate of drug-likeness (QED) is 0.808. The van der Waals surface area contributed by atoms with E-state index < -0.39 is 0 Å². The number of nitrogens with zero attached hydrogens (tertiary/aromatic N) is 1. The van der Waals surface area contributed by atoms with Crippen LogP contribution in [0.5, 0.6) is 5.75 Å². The third kappa shape index (κ3) is 4.60. The number of rotatable bonds is 6. The molecule has 2 amide bonds. The van der Waals surface area contributed by atoms with Gasteiger partial charge in [0, 0.05) is 11.3 Å². The zero-order valence-electron chi connectivity index (χ0n) is 15.0. The van der Waals surface area contributed by atoms with Crippen molar-refractivity contribution >= 4 is 34.0 Å². The van der Waals surface area contributed by atoms with Gasteiger partial charge in [0.05, 0.1) is 24.9 Å². The predicted octanol–water partition coefficient (Wildman–Crippen LogP) is 3.77. The molecule has 0 saturated heterocycles. The SMILES string of the molecule is COc1ccc(C)cc1NC(=O)Cc1csc(NC(=O)C2CCCC2)n1. The highest BCUT2D eigenvalue weighted by molar-refractivity contribution is 7.13. The molecule has 0 aliphatic heterocycles. The van der Waals surface area contributed by atoms with Crippen LogP contribution in [0.4, 0.5) is 10.8 Å². The van der Waals surface area contributed by atoms with Crippen LogP contribution in [0.2, 0.25) is 0 Å². The molecule has 1 saturated carbocycles. The molecule has 1 aliphatic rings. The van der Waals surface area contributed by atoms with Gasteiger partial charge in [0.25, 0.3) is 0 Å². The third-order valence-corrected chi connectivity index (χ3v) is 5.29. The lowest BCUT2D eigenvalue weighted by Gasteiger charge is -2.10. The van der Waals surface area contributed by atoms with Gasteiger partial charge in [-0.15, -0.1) is 11.3 Å². The van der Waals surface area contributed by atoms with E-state index in [9.17, 15) is 9.59 Å². The topological polar surface area (TPSA) is 80.3 Å². The summed E-state index contributed by atoms with van der Waals surface area (Å²) < 4.78 is 5.27. The molecule has 0 spiro atoms. The Morgan fingerprint density at radius 1 is 1.27 bits per heavy atom. The highest BCUT2D eigenvalue weighted by Crippen LogP contribution is 2.27. The Morgan fingerprint density at radius 3 is 2.77 bits per heavy atom. The van der Waals surface area contributed by atoms with E-state index in [2.05, 4.69) is 15.6 Å². The minimum Gasteiger partial charge on any atom is -0.495 e. The van der Waals surface area contributed by atoms with Gasteiger partial charge in [0.15, 0.2) is 5.13 Å². The Morgan fingerprint density at radius 2 is 2.04 bits per heavy atom. The molecule has 1 aliphatic carbocycles. The lowest BCUT2D eigenvalue weighted by Crippen LogP contribution is -2.20. The van der Waals surface area contributed by atoms with Crippen LogP contribution in [-0.2, 0) is 16.0 Å². The Kier molecular flexibility index (Phi) is 5.88. The van der Waals surface area contributed by atoms with Crippen LogP contribution in [0.25, 0.3) is 0 Å². The van der Waals surface area contributed by atoms with Gasteiger partial charge in [0.1, 0.15) is 5.75 Å². The number of hydrogen-bond acceptors (Lipinski definition) is 5. The Bertz CT molecular complexity index is 797. The number of benzene rings is 1. The first kappa shape index (κ1) is 18.4. The molecule has 138 valence electrons. The molecule has 0 bridgehead atoms. The molecule has 1 aromatic carbocycles. The summed E-state index contributed by atoms with van der Waals surface area (Å²) >= 11 is 1.35. The number of aryl methyl sites for hydroxylation is 1. The molecule has 6 nitrogen and oxygen atoms in total. The van der Waals surface area contributed by atoms with E-state index in [-0.39, 0.29) is 24.2 Å². The maximum absolute atomic E-state index is 12.3. The predicted molar refractivity (Wildman–Crippen MR) is 103 cm³/mol. The first-order valence-electron chi connectivity index (χ1n) is 8.75. The van der Waals surface area contributed by atoms with Gasteiger partial charge >= 0.3 is 0 Å². The number of ether oxygens (including phenoxy) is 1. The van der Waals surface area contributed by atoms with Crippen LogP contribution in [0, 0.1) is 12.8 Å². The lowest BCUT2D eigenvalue weighted by atomic mass is 10.1. The van der Waals surface area contributed by atoms with E-state index >= 15 is 0 Å². The smallest absolute Gasteiger partial charge is 0.230 e. The average molecular weight is 373 g/mol. The van der Waals surface area contributed by atoms with Gasteiger partial charge in [-0.25, -0.2) is 4.98 Å². The summed E-state index contributed by atoms with van der Waals surface area (Å²) in [4.78, 5) is 28.8. The van der Waals surface area contributed by atoms with Gasteiger partial charge in [-0.05, 0) is 37.5 Å². The van der Waals surface area contributed by atoms with Crippen LogP contribution in [-0.4, -0.2) is 23.9 Å². The fraction of sp³-hybridized carbons (Fsp3) is 0.421. The van der Waals surface area contributed by atoms with Gasteiger partial charge in [0.2, 0.25) is 11.8 Å². The molecule has 1 aromatic heterocycles. The molecule has 0 atom stereocenters. The summed E-state index contributed by atoms with van der Waals surface area (Å²) in [6.45, 7) is 1.95. The number of carbonyl (C=O) groups excluding carboxylic acids is 2. The van der Waals surface area contributed by atoms with Crippen molar-refractivity contribution in [1.82, 2.24) is 4.98 Å². The van der Waals surface area contributed by atoms with Crippen molar-refractivity contribution in [1.29, 1.82) is 0 Å². The van der Waals surface area contributed by atoms with E-state index in [0.29, 0.717) is 22.3 Å². The third-order valence-electron chi connectivity index (χ3n) is 4.48. The largest absolute Gasteiger partial charge is 0.495 e. The first-order chi connectivity index (χ1) is 12.5. The molecule has 1 heterocycles. The monoisotopic (exact) mass is 373 g/mol. The van der Waals surface area contributed by atoms with Crippen molar-refractivity contribution in [2.24, 2.45) is 5.92 Å². The fourth-order valence-electron chi connectivity index (χ4n) is 3.12. The van der Waals surface area contributed by atoms with Crippen LogP contribution in [0.3, 0.4) is 0 Å². The van der Waals surface area contributed by atoms with E-state index in [4.69, 9.17) is 4.74 Å². The van der Waals surface area contributed by atoms with Crippen LogP contribution in [0.15, 0.2) is 23.6 Å². The Labute approximate surface area is 157 Å². The van der Waals surface area contributed by atoms with Gasteiger partial charge in [-0.3, -0.25) is 9.59 Å². The molecular weight excluding hydrogens is 350 g/mol. The van der Waals surface area contributed by atoms with E-state index in [0.717, 1.165) is 31.2 Å². The maximum Gasteiger partial charge on any atom is 0.230 e. The second kappa shape index (κ2) is 8.31. The number of hydrogen-bond donors (Lipinski definition) is 2. The molecule has 2 aromatic rings. The minimum atomic E-state index is -0.173. The molecule has 3 rings (SSSR count). The molecular formula is C19H23N3O3S. The lowest BCUT2D eigenvalue weighted by molar-refractivity contribution is -0.119. The van der Waals surface area contributed by atoms with Gasteiger partial charge in [-0.2, -0.15) is 0 Å². The van der Waals surface area contributed by atoms with Crippen LogP contribution >= 0.6 is 11.3 Å². The number of nitrogens with one attached hydrogen (secondary N) is 2. The van der Waals surface area contributed by atoms with Crippen molar-refractivity contribution < 1.29 is 14.3 Å². The number of thiazole rings is 1. The molecule has 0 radical (unpaired) electrons. The summed E-state index contributed by atoms with van der Waals surface area (Å²) in [5.74, 6) is 0.580. The molecule has 2 N–H and O–H groups in total. The van der Waals surface area contributed by atoms with Crippen molar-refractivity contribution in [2.75, 3.05) is 17.7 Å². The summed E-state index contributed by atoms with van der Waals surface area (Å²) in [5, 5.41) is 8.09. The number of anilines is 2. The van der Waals surface area contributed by atoms with Crippen molar-refractivity contribution in [2.45, 2.75) is 39.0 Å². The Balaban J connectivity index is 1.57. The summed E-state index contributed by atoms with van der Waals surface area (Å²) in [7, 11) is 1.57. The van der Waals surface area contributed by atoms with Crippen molar-refractivity contribution in [3.63, 3.8) is 0 Å². The molecule has 26 heavy (non-hydrogen) atoms. The molecule has 1 fully saturated rings. The van der Waals surface area contributed by atoms with Crippen LogP contribution in [0.1, 0.15) is 36.9 Å². The van der Waals surface area contributed by atoms with Crippen molar-refractivity contribution in [3.8, 4) is 5.75 Å². The van der Waals surface area contributed by atoms with Crippen molar-refractivity contribution in [3.05, 3.63) is 34.8 Å². The maximum atomic E-state index is 12.3. The van der Waals surface area contributed by atoms with Gasteiger partial charge in [-0.1, -0.05) is 18.9 Å². The van der Waals surface area contributed by atoms with E-state index in [1.54, 1.807) is 12.5 Å². The summed E-state index contributed by atoms with van der Waals surface area (Å²) in [6, 6.07) is 5.61. The minimum absolute atomic E-state index is 0.0392. The number of methoxy groups -OCH3 is 1. The fourth-order valence-corrected chi connectivity index (χ4v) is 3.83. The highest BCUT2D eigenvalue weighted by atomic mass is 32.1. The second-order valence-corrected chi connectivity index (χ2v) is 7.40. The average Bonchev–Trinajstić information content (AvgIpc) is 3.27. The zero-order valence-corrected chi connectivity index (χ0v) is 15.8. The first-order valence-corrected chi connectivity index (χ1v) is 9.63. The molecule has 0 unspecified atom stereocenters. The second-order valence-electron chi connectivity index (χ2n) is 6.54. The highest BCUT2D eigenvalue weighted by Gasteiger charge is 2.23. The van der Waals surface area contributed by atoms with E-state index in [1.165, 1.54) is 11.3 Å². The zero-order chi connectivity index (χ0) is 18.5. The van der Waals surface area contributed by atoms with E-state index in [1.807, 2.05) is 25.1 Å². The Hall–Kier alpha value is -2.41. The van der Waals surface area contributed by atoms with Gasteiger partial charge < -0.3 is 15.4 Å². The number of amides is 2. The number of carbonyl (C=O) groups is 2. The summed E-state index contributed by atoms with van der Waals surface area (Å²) in [6.07, 6.45) is 4.27. The standard InChI is InChI=1S/C19H23N3O3S/c1-12-7-8-16(25-2)15(9-12)21-17(23)10-14-11-26-19(20-14)22-18(24)13-5-3-4-6-13/h7-9,11,13H,3-6,10H2,1-2H3,(H,21,23)(H,20,22,24). The normalized spacial score (nSPS) is 14.2. The number of aromatic nitrogens is 1. The summed E-state index contributed by atoms with van der Waals surface area (Å²) in [5.41, 5.74) is 2.31. The molecule has 7 heteroatoms. The van der Waals surface area contributed by atoms with Crippen LogP contribution < -0.4 is 15.4 Å².